The summed E-state index contributed by atoms with van der Waals surface area (Å²) in [5, 5.41) is 1.81. The Morgan fingerprint density at radius 1 is 1.19 bits per heavy atom. The van der Waals surface area contributed by atoms with E-state index >= 15 is 0 Å². The van der Waals surface area contributed by atoms with Gasteiger partial charge in [0.05, 0.1) is 23.2 Å². The van der Waals surface area contributed by atoms with Crippen LogP contribution >= 0.6 is 11.3 Å². The van der Waals surface area contributed by atoms with Gasteiger partial charge in [-0.2, -0.15) is 0 Å². The predicted molar refractivity (Wildman–Crippen MR) is 122 cm³/mol. The highest BCUT2D eigenvalue weighted by molar-refractivity contribution is 7.90. The molecule has 31 heavy (non-hydrogen) atoms. The van der Waals surface area contributed by atoms with E-state index in [1.54, 1.807) is 23.2 Å². The fraction of sp³-hybridized carbons (Fsp3) is 0.391. The lowest BCUT2D eigenvalue weighted by atomic mass is 10.0. The minimum absolute atomic E-state index is 0.0665. The maximum Gasteiger partial charge on any atom is 0.201 e. The Labute approximate surface area is 187 Å². The summed E-state index contributed by atoms with van der Waals surface area (Å²) in [6, 6.07) is 12.5. The minimum atomic E-state index is -3.53. The Morgan fingerprint density at radius 2 is 1.94 bits per heavy atom. The molecule has 0 saturated carbocycles. The van der Waals surface area contributed by atoms with Crippen molar-refractivity contribution in [1.82, 2.24) is 14.9 Å². The Morgan fingerprint density at radius 3 is 2.58 bits per heavy atom. The Balaban J connectivity index is 1.36. The molecule has 0 aliphatic carbocycles. The summed E-state index contributed by atoms with van der Waals surface area (Å²) in [5.41, 5.74) is 4.29. The van der Waals surface area contributed by atoms with Gasteiger partial charge < -0.3 is 4.74 Å². The van der Waals surface area contributed by atoms with E-state index in [4.69, 9.17) is 4.74 Å². The molecule has 2 aromatic heterocycles. The molecule has 0 amide bonds. The standard InChI is InChI=1S/C23H27N3O3S2/c1-17-12-23(31(27,28)15-20-14-30-16-25-20)24-13-22(17)29-21-8-10-26(11-9-21)18(2)19-6-4-3-5-7-19/h3-7,12-14,16,18,21H,8-11,15H2,1-2H3/t18-/m1/s1. The topological polar surface area (TPSA) is 72.4 Å². The molecule has 1 saturated heterocycles. The van der Waals surface area contributed by atoms with Crippen LogP contribution < -0.4 is 4.74 Å². The minimum Gasteiger partial charge on any atom is -0.488 e. The molecule has 3 heterocycles. The molecule has 0 spiro atoms. The molecule has 0 bridgehead atoms. The largest absolute Gasteiger partial charge is 0.488 e. The van der Waals surface area contributed by atoms with Crippen LogP contribution in [-0.4, -0.2) is 42.5 Å². The van der Waals surface area contributed by atoms with E-state index in [1.807, 2.05) is 13.0 Å². The van der Waals surface area contributed by atoms with Crippen LogP contribution in [-0.2, 0) is 15.6 Å². The Bertz CT molecular complexity index is 1090. The summed E-state index contributed by atoms with van der Waals surface area (Å²) in [5.74, 6) is 0.517. The second kappa shape index (κ2) is 9.46. The van der Waals surface area contributed by atoms with Gasteiger partial charge >= 0.3 is 0 Å². The fourth-order valence-electron chi connectivity index (χ4n) is 3.89. The zero-order chi connectivity index (χ0) is 21.8. The molecule has 1 atom stereocenters. The van der Waals surface area contributed by atoms with Crippen LogP contribution in [0, 0.1) is 6.92 Å². The molecule has 4 rings (SSSR count). The summed E-state index contributed by atoms with van der Waals surface area (Å²) in [4.78, 5) is 10.7. The number of benzene rings is 1. The first kappa shape index (κ1) is 21.9. The van der Waals surface area contributed by atoms with Gasteiger partial charge in [0, 0.05) is 24.5 Å². The van der Waals surface area contributed by atoms with Crippen LogP contribution in [0.5, 0.6) is 5.75 Å². The highest BCUT2D eigenvalue weighted by atomic mass is 32.2. The van der Waals surface area contributed by atoms with E-state index in [1.165, 1.54) is 16.9 Å². The second-order valence-electron chi connectivity index (χ2n) is 7.97. The van der Waals surface area contributed by atoms with Gasteiger partial charge in [0.15, 0.2) is 5.03 Å². The molecule has 1 fully saturated rings. The number of sulfone groups is 1. The molecular weight excluding hydrogens is 430 g/mol. The van der Waals surface area contributed by atoms with Crippen molar-refractivity contribution in [3.8, 4) is 5.75 Å². The number of ether oxygens (including phenoxy) is 1. The smallest absolute Gasteiger partial charge is 0.201 e. The van der Waals surface area contributed by atoms with Crippen molar-refractivity contribution >= 4 is 21.2 Å². The number of pyridine rings is 1. The lowest BCUT2D eigenvalue weighted by molar-refractivity contribution is 0.0790. The first-order chi connectivity index (χ1) is 14.9. The predicted octanol–water partition coefficient (Wildman–Crippen LogP) is 4.42. The van der Waals surface area contributed by atoms with Crippen molar-refractivity contribution in [1.29, 1.82) is 0 Å². The van der Waals surface area contributed by atoms with Gasteiger partial charge in [-0.1, -0.05) is 30.3 Å². The molecule has 1 aliphatic heterocycles. The van der Waals surface area contributed by atoms with Gasteiger partial charge in [0.1, 0.15) is 11.9 Å². The quantitative estimate of drug-likeness (QED) is 0.523. The number of piperidine rings is 1. The first-order valence-electron chi connectivity index (χ1n) is 10.4. The number of aryl methyl sites for hydroxylation is 1. The third-order valence-corrected chi connectivity index (χ3v) is 7.95. The third kappa shape index (κ3) is 5.31. The van der Waals surface area contributed by atoms with Crippen LogP contribution in [0.2, 0.25) is 0 Å². The number of likely N-dealkylation sites (tertiary alicyclic amines) is 1. The monoisotopic (exact) mass is 457 g/mol. The number of thiazole rings is 1. The van der Waals surface area contributed by atoms with Gasteiger partial charge in [-0.3, -0.25) is 4.90 Å². The molecular formula is C23H27N3O3S2. The van der Waals surface area contributed by atoms with Crippen molar-refractivity contribution < 1.29 is 13.2 Å². The maximum absolute atomic E-state index is 12.6. The SMILES string of the molecule is Cc1cc(S(=O)(=O)Cc2cscn2)ncc1OC1CCN([C@H](C)c2ccccc2)CC1. The van der Waals surface area contributed by atoms with Crippen LogP contribution in [0.25, 0.3) is 0 Å². The van der Waals surface area contributed by atoms with E-state index in [2.05, 4.69) is 46.1 Å². The van der Waals surface area contributed by atoms with Crippen molar-refractivity contribution in [3.63, 3.8) is 0 Å². The van der Waals surface area contributed by atoms with Crippen LogP contribution in [0.15, 0.2) is 58.5 Å². The molecule has 6 nitrogen and oxygen atoms in total. The summed E-state index contributed by atoms with van der Waals surface area (Å²) in [7, 11) is -3.53. The highest BCUT2D eigenvalue weighted by Gasteiger charge is 2.25. The number of rotatable bonds is 7. The van der Waals surface area contributed by atoms with E-state index in [0.717, 1.165) is 31.5 Å². The zero-order valence-corrected chi connectivity index (χ0v) is 19.4. The van der Waals surface area contributed by atoms with Crippen LogP contribution in [0.1, 0.15) is 42.6 Å². The lowest BCUT2D eigenvalue weighted by Gasteiger charge is -2.36. The van der Waals surface area contributed by atoms with Crippen molar-refractivity contribution in [2.24, 2.45) is 0 Å². The van der Waals surface area contributed by atoms with E-state index in [9.17, 15) is 8.42 Å². The molecule has 8 heteroatoms. The number of hydrogen-bond acceptors (Lipinski definition) is 7. The number of nitrogens with zero attached hydrogens (tertiary/aromatic N) is 3. The van der Waals surface area contributed by atoms with Gasteiger partial charge in [0.2, 0.25) is 9.84 Å². The number of hydrogen-bond donors (Lipinski definition) is 0. The zero-order valence-electron chi connectivity index (χ0n) is 17.8. The molecule has 1 aliphatic rings. The molecule has 0 N–H and O–H groups in total. The van der Waals surface area contributed by atoms with E-state index < -0.39 is 9.84 Å². The van der Waals surface area contributed by atoms with Crippen LogP contribution in [0.3, 0.4) is 0 Å². The highest BCUT2D eigenvalue weighted by Crippen LogP contribution is 2.28. The summed E-state index contributed by atoms with van der Waals surface area (Å²) in [6.45, 7) is 6.04. The molecule has 164 valence electrons. The molecule has 3 aromatic rings. The second-order valence-corrected chi connectivity index (χ2v) is 10.6. The number of aromatic nitrogens is 2. The molecule has 1 aromatic carbocycles. The van der Waals surface area contributed by atoms with Gasteiger partial charge in [-0.05, 0) is 43.9 Å². The Kier molecular flexibility index (Phi) is 6.69. The van der Waals surface area contributed by atoms with Crippen molar-refractivity contribution in [3.05, 3.63) is 70.3 Å². The molecule has 0 radical (unpaired) electrons. The average molecular weight is 458 g/mol. The Hall–Kier alpha value is -2.29. The third-order valence-electron chi connectivity index (χ3n) is 5.78. The summed E-state index contributed by atoms with van der Waals surface area (Å²) >= 11 is 1.38. The van der Waals surface area contributed by atoms with Crippen molar-refractivity contribution in [2.45, 2.75) is 49.6 Å². The van der Waals surface area contributed by atoms with E-state index in [0.29, 0.717) is 17.5 Å². The lowest BCUT2D eigenvalue weighted by Crippen LogP contribution is -2.39. The summed E-state index contributed by atoms with van der Waals surface area (Å²) < 4.78 is 31.5. The van der Waals surface area contributed by atoms with Gasteiger partial charge in [0.25, 0.3) is 0 Å². The molecule has 0 unspecified atom stereocenters. The first-order valence-corrected chi connectivity index (χ1v) is 13.0. The maximum atomic E-state index is 12.6. The van der Waals surface area contributed by atoms with E-state index in [-0.39, 0.29) is 16.9 Å². The average Bonchev–Trinajstić information content (AvgIpc) is 3.28. The van der Waals surface area contributed by atoms with Gasteiger partial charge in [-0.25, -0.2) is 18.4 Å². The van der Waals surface area contributed by atoms with Crippen LogP contribution in [0.4, 0.5) is 0 Å². The summed E-state index contributed by atoms with van der Waals surface area (Å²) in [6.07, 6.45) is 3.51. The fourth-order valence-corrected chi connectivity index (χ4v) is 5.82. The van der Waals surface area contributed by atoms with Crippen molar-refractivity contribution in [2.75, 3.05) is 13.1 Å². The van der Waals surface area contributed by atoms with Gasteiger partial charge in [-0.15, -0.1) is 11.3 Å². The normalized spacial score (nSPS) is 16.8.